The topological polar surface area (TPSA) is 89.4 Å². The maximum Gasteiger partial charge on any atom is 0.291 e. The summed E-state index contributed by atoms with van der Waals surface area (Å²) in [7, 11) is 1.59. The van der Waals surface area contributed by atoms with Gasteiger partial charge in [0.2, 0.25) is 5.82 Å². The lowest BCUT2D eigenvalue weighted by Crippen LogP contribution is -2.49. The molecule has 1 unspecified atom stereocenters. The molecule has 0 spiro atoms. The molecule has 33 heavy (non-hydrogen) atoms. The van der Waals surface area contributed by atoms with Crippen LogP contribution in [0, 0.1) is 11.6 Å². The van der Waals surface area contributed by atoms with E-state index >= 15 is 0 Å². The number of carbonyl (C=O) groups excluding carboxylic acids is 2. The van der Waals surface area contributed by atoms with Gasteiger partial charge in [0.1, 0.15) is 36.4 Å². The van der Waals surface area contributed by atoms with Gasteiger partial charge in [-0.1, -0.05) is 24.3 Å². The van der Waals surface area contributed by atoms with Crippen LogP contribution in [0.4, 0.5) is 14.5 Å². The molecule has 2 amide bonds. The third-order valence-corrected chi connectivity index (χ3v) is 5.27. The predicted molar refractivity (Wildman–Crippen MR) is 117 cm³/mol. The summed E-state index contributed by atoms with van der Waals surface area (Å²) >= 11 is 0. The van der Waals surface area contributed by atoms with Crippen molar-refractivity contribution in [2.24, 2.45) is 0 Å². The molecule has 10 heteroatoms. The predicted octanol–water partition coefficient (Wildman–Crippen LogP) is 2.79. The Balaban J connectivity index is 1.48. The van der Waals surface area contributed by atoms with Gasteiger partial charge in [0.15, 0.2) is 0 Å². The minimum atomic E-state index is -0.987. The summed E-state index contributed by atoms with van der Waals surface area (Å²) in [5.41, 5.74) is 2.06. The molecule has 4 rings (SSSR count). The van der Waals surface area contributed by atoms with Crippen molar-refractivity contribution in [3.05, 3.63) is 77.9 Å². The van der Waals surface area contributed by atoms with Gasteiger partial charge in [0.25, 0.3) is 11.8 Å². The Labute approximate surface area is 188 Å². The Hall–Kier alpha value is -4.08. The summed E-state index contributed by atoms with van der Waals surface area (Å²) in [4.78, 5) is 30.9. The second-order valence-electron chi connectivity index (χ2n) is 7.66. The third kappa shape index (κ3) is 4.45. The Morgan fingerprint density at radius 2 is 2.00 bits per heavy atom. The van der Waals surface area contributed by atoms with E-state index in [2.05, 4.69) is 22.0 Å². The zero-order chi connectivity index (χ0) is 23.7. The number of amides is 2. The van der Waals surface area contributed by atoms with Crippen molar-refractivity contribution < 1.29 is 23.1 Å². The van der Waals surface area contributed by atoms with Crippen molar-refractivity contribution in [3.63, 3.8) is 0 Å². The fourth-order valence-electron chi connectivity index (χ4n) is 3.41. The zero-order valence-corrected chi connectivity index (χ0v) is 18.0. The van der Waals surface area contributed by atoms with Gasteiger partial charge in [0.05, 0.1) is 12.2 Å². The van der Waals surface area contributed by atoms with E-state index in [1.54, 1.807) is 19.2 Å². The SMILES string of the molecule is C=C(C)c1ccc2c(c1)N(C)C(=O)C(NC(=O)c1ncn(Cc3c(F)cccc3F)n1)CO2. The lowest BCUT2D eigenvalue weighted by Gasteiger charge is -2.20. The molecule has 0 bridgehead atoms. The molecular weight excluding hydrogens is 432 g/mol. The van der Waals surface area contributed by atoms with E-state index < -0.39 is 23.6 Å². The van der Waals surface area contributed by atoms with Crippen LogP contribution >= 0.6 is 0 Å². The fourth-order valence-corrected chi connectivity index (χ4v) is 3.41. The largest absolute Gasteiger partial charge is 0.489 e. The number of carbonyl (C=O) groups is 2. The Bertz CT molecular complexity index is 1240. The Kier molecular flexibility index (Phi) is 5.91. The van der Waals surface area contributed by atoms with Crippen molar-refractivity contribution in [3.8, 4) is 5.75 Å². The molecule has 1 aliphatic rings. The number of fused-ring (bicyclic) bond motifs is 1. The van der Waals surface area contributed by atoms with E-state index in [1.165, 1.54) is 17.3 Å². The fraction of sp³-hybridized carbons (Fsp3) is 0.217. The van der Waals surface area contributed by atoms with Gasteiger partial charge in [-0.3, -0.25) is 9.59 Å². The van der Waals surface area contributed by atoms with Gasteiger partial charge < -0.3 is 15.0 Å². The smallest absolute Gasteiger partial charge is 0.291 e. The highest BCUT2D eigenvalue weighted by Gasteiger charge is 2.31. The lowest BCUT2D eigenvalue weighted by atomic mass is 10.1. The minimum absolute atomic E-state index is 0.0878. The van der Waals surface area contributed by atoms with Crippen molar-refractivity contribution in [2.75, 3.05) is 18.6 Å². The van der Waals surface area contributed by atoms with E-state index in [0.29, 0.717) is 11.4 Å². The average Bonchev–Trinajstić information content (AvgIpc) is 3.22. The maximum absolute atomic E-state index is 13.9. The van der Waals surface area contributed by atoms with Crippen LogP contribution in [-0.2, 0) is 11.3 Å². The van der Waals surface area contributed by atoms with Crippen LogP contribution in [0.25, 0.3) is 5.57 Å². The summed E-state index contributed by atoms with van der Waals surface area (Å²) in [5.74, 6) is -2.29. The molecule has 8 nitrogen and oxygen atoms in total. The average molecular weight is 453 g/mol. The Morgan fingerprint density at radius 1 is 1.27 bits per heavy atom. The van der Waals surface area contributed by atoms with Crippen molar-refractivity contribution in [2.45, 2.75) is 19.5 Å². The molecular formula is C23H21F2N5O3. The minimum Gasteiger partial charge on any atom is -0.489 e. The summed E-state index contributed by atoms with van der Waals surface area (Å²) in [6.07, 6.45) is 1.19. The highest BCUT2D eigenvalue weighted by Crippen LogP contribution is 2.33. The van der Waals surface area contributed by atoms with Gasteiger partial charge in [0, 0.05) is 12.6 Å². The first kappa shape index (κ1) is 22.1. The number of allylic oxidation sites excluding steroid dienone is 1. The lowest BCUT2D eigenvalue weighted by molar-refractivity contribution is -0.120. The van der Waals surface area contributed by atoms with E-state index in [-0.39, 0.29) is 30.4 Å². The zero-order valence-electron chi connectivity index (χ0n) is 18.0. The third-order valence-electron chi connectivity index (χ3n) is 5.27. The van der Waals surface area contributed by atoms with Gasteiger partial charge in [-0.25, -0.2) is 18.4 Å². The van der Waals surface area contributed by atoms with Gasteiger partial charge >= 0.3 is 0 Å². The maximum atomic E-state index is 13.9. The number of likely N-dealkylation sites (N-methyl/N-ethyl adjacent to an activating group) is 1. The normalized spacial score (nSPS) is 15.5. The van der Waals surface area contributed by atoms with Gasteiger partial charge in [-0.2, -0.15) is 0 Å². The van der Waals surface area contributed by atoms with E-state index in [4.69, 9.17) is 4.74 Å². The van der Waals surface area contributed by atoms with Crippen LogP contribution in [0.3, 0.4) is 0 Å². The standard InChI is InChI=1S/C23H21F2N5O3/c1-13(2)14-7-8-20-19(9-14)29(3)23(32)18(11-33-20)27-22(31)21-26-12-30(28-21)10-15-16(24)5-4-6-17(15)25/h4-9,12,18H,1,10-11H2,2-3H3,(H,27,31). The number of ether oxygens (including phenoxy) is 1. The van der Waals surface area contributed by atoms with Crippen LogP contribution in [-0.4, -0.2) is 46.3 Å². The first-order chi connectivity index (χ1) is 15.7. The molecule has 2 heterocycles. The van der Waals surface area contributed by atoms with Crippen molar-refractivity contribution in [1.29, 1.82) is 0 Å². The Morgan fingerprint density at radius 3 is 2.70 bits per heavy atom. The second-order valence-corrected chi connectivity index (χ2v) is 7.66. The molecule has 0 saturated heterocycles. The molecule has 0 radical (unpaired) electrons. The molecule has 0 aliphatic carbocycles. The quantitative estimate of drug-likeness (QED) is 0.642. The summed E-state index contributed by atoms with van der Waals surface area (Å²) in [5, 5.41) is 6.54. The van der Waals surface area contributed by atoms with Crippen LogP contribution < -0.4 is 15.0 Å². The molecule has 3 aromatic rings. The number of hydrogen-bond acceptors (Lipinski definition) is 5. The van der Waals surface area contributed by atoms with Crippen LogP contribution in [0.2, 0.25) is 0 Å². The number of rotatable bonds is 5. The molecule has 2 aromatic carbocycles. The number of aromatic nitrogens is 3. The highest BCUT2D eigenvalue weighted by molar-refractivity contribution is 6.02. The molecule has 170 valence electrons. The summed E-state index contributed by atoms with van der Waals surface area (Å²) < 4.78 is 34.6. The highest BCUT2D eigenvalue weighted by atomic mass is 19.1. The van der Waals surface area contributed by atoms with Crippen molar-refractivity contribution >= 4 is 23.1 Å². The second kappa shape index (κ2) is 8.81. The molecule has 1 atom stereocenters. The summed E-state index contributed by atoms with van der Waals surface area (Å²) in [6.45, 7) is 5.44. The van der Waals surface area contributed by atoms with Crippen molar-refractivity contribution in [1.82, 2.24) is 20.1 Å². The monoisotopic (exact) mass is 453 g/mol. The number of halogens is 2. The molecule has 1 aromatic heterocycles. The first-order valence-corrected chi connectivity index (χ1v) is 10.1. The number of anilines is 1. The molecule has 1 aliphatic heterocycles. The van der Waals surface area contributed by atoms with E-state index in [9.17, 15) is 18.4 Å². The van der Waals surface area contributed by atoms with Crippen LogP contribution in [0.15, 0.2) is 49.3 Å². The van der Waals surface area contributed by atoms with Gasteiger partial charge in [-0.15, -0.1) is 5.10 Å². The number of nitrogens with zero attached hydrogens (tertiary/aromatic N) is 4. The molecule has 0 saturated carbocycles. The first-order valence-electron chi connectivity index (χ1n) is 10.1. The van der Waals surface area contributed by atoms with Crippen LogP contribution in [0.5, 0.6) is 5.75 Å². The van der Waals surface area contributed by atoms with E-state index in [1.807, 2.05) is 13.0 Å². The molecule has 1 N–H and O–H groups in total. The van der Waals surface area contributed by atoms with Gasteiger partial charge in [-0.05, 0) is 36.8 Å². The summed E-state index contributed by atoms with van der Waals surface area (Å²) in [6, 6.07) is 7.92. The number of nitrogens with one attached hydrogen (secondary N) is 1. The van der Waals surface area contributed by atoms with Crippen LogP contribution in [0.1, 0.15) is 28.7 Å². The molecule has 0 fully saturated rings. The van der Waals surface area contributed by atoms with E-state index in [0.717, 1.165) is 28.0 Å². The number of benzene rings is 2. The number of hydrogen-bond donors (Lipinski definition) is 1.